The van der Waals surface area contributed by atoms with Crippen LogP contribution in [-0.2, 0) is 0 Å². The topological polar surface area (TPSA) is 43.7 Å². The Labute approximate surface area is 71.9 Å². The molecule has 0 amide bonds. The van der Waals surface area contributed by atoms with Gasteiger partial charge in [0.1, 0.15) is 12.0 Å². The van der Waals surface area contributed by atoms with E-state index >= 15 is 0 Å². The van der Waals surface area contributed by atoms with E-state index in [0.29, 0.717) is 0 Å². The third kappa shape index (κ3) is 1.89. The Hall–Kier alpha value is -1.22. The molecule has 0 saturated heterocycles. The summed E-state index contributed by atoms with van der Waals surface area (Å²) in [4.78, 5) is 1.67. The Bertz CT molecular complexity index is 260. The first-order valence-corrected chi connectivity index (χ1v) is 3.81. The van der Waals surface area contributed by atoms with Crippen LogP contribution in [0.2, 0.25) is 0 Å². The molecule has 1 atom stereocenters. The number of aliphatic hydroxyl groups is 1. The second kappa shape index (κ2) is 3.45. The van der Waals surface area contributed by atoms with Gasteiger partial charge < -0.3 is 15.1 Å². The van der Waals surface area contributed by atoms with Gasteiger partial charge in [0, 0.05) is 18.8 Å². The maximum Gasteiger partial charge on any atom is 0.123 e. The van der Waals surface area contributed by atoms with Crippen LogP contribution in [0, 0.1) is 0 Å². The summed E-state index contributed by atoms with van der Waals surface area (Å²) >= 11 is 0. The SMILES string of the molecule is CC(O)N(C)c1cccc(O)c1. The van der Waals surface area contributed by atoms with Crippen molar-refractivity contribution in [1.29, 1.82) is 0 Å². The van der Waals surface area contributed by atoms with Crippen LogP contribution < -0.4 is 4.90 Å². The van der Waals surface area contributed by atoms with Crippen molar-refractivity contribution in [2.45, 2.75) is 13.2 Å². The molecule has 2 N–H and O–H groups in total. The molecule has 3 nitrogen and oxygen atoms in total. The number of benzene rings is 1. The zero-order valence-electron chi connectivity index (χ0n) is 7.23. The van der Waals surface area contributed by atoms with Gasteiger partial charge in [0.2, 0.25) is 0 Å². The average molecular weight is 167 g/mol. The number of aromatic hydroxyl groups is 1. The molecule has 0 aliphatic rings. The average Bonchev–Trinajstić information content (AvgIpc) is 2.03. The van der Waals surface area contributed by atoms with Crippen LogP contribution >= 0.6 is 0 Å². The molecular weight excluding hydrogens is 154 g/mol. The summed E-state index contributed by atoms with van der Waals surface area (Å²) in [6.07, 6.45) is -0.549. The highest BCUT2D eigenvalue weighted by Crippen LogP contribution is 2.19. The van der Waals surface area contributed by atoms with E-state index in [-0.39, 0.29) is 5.75 Å². The fourth-order valence-electron chi connectivity index (χ4n) is 0.928. The Balaban J connectivity index is 2.88. The number of phenols is 1. The van der Waals surface area contributed by atoms with Gasteiger partial charge in [0.15, 0.2) is 0 Å². The number of hydrogen-bond donors (Lipinski definition) is 2. The van der Waals surface area contributed by atoms with Crippen LogP contribution in [0.5, 0.6) is 5.75 Å². The molecule has 0 aliphatic carbocycles. The van der Waals surface area contributed by atoms with Crippen molar-refractivity contribution < 1.29 is 10.2 Å². The van der Waals surface area contributed by atoms with E-state index in [4.69, 9.17) is 5.11 Å². The first kappa shape index (κ1) is 8.87. The van der Waals surface area contributed by atoms with Crippen molar-refractivity contribution in [3.05, 3.63) is 24.3 Å². The van der Waals surface area contributed by atoms with E-state index in [1.165, 1.54) is 0 Å². The molecule has 1 aromatic carbocycles. The van der Waals surface area contributed by atoms with Crippen molar-refractivity contribution >= 4 is 5.69 Å². The van der Waals surface area contributed by atoms with Crippen molar-refractivity contribution in [1.82, 2.24) is 0 Å². The van der Waals surface area contributed by atoms with Gasteiger partial charge >= 0.3 is 0 Å². The minimum Gasteiger partial charge on any atom is -0.508 e. The third-order valence-electron chi connectivity index (χ3n) is 1.80. The van der Waals surface area contributed by atoms with Gasteiger partial charge in [-0.05, 0) is 19.1 Å². The Kier molecular flexibility index (Phi) is 2.55. The van der Waals surface area contributed by atoms with E-state index in [1.807, 2.05) is 6.07 Å². The molecule has 0 radical (unpaired) electrons. The zero-order valence-corrected chi connectivity index (χ0v) is 7.23. The molecule has 0 fully saturated rings. The Morgan fingerprint density at radius 2 is 2.08 bits per heavy atom. The number of nitrogens with zero attached hydrogens (tertiary/aromatic N) is 1. The summed E-state index contributed by atoms with van der Waals surface area (Å²) in [5.74, 6) is 0.208. The predicted molar refractivity (Wildman–Crippen MR) is 48.2 cm³/mol. The lowest BCUT2D eigenvalue weighted by Gasteiger charge is -2.22. The van der Waals surface area contributed by atoms with Gasteiger partial charge in [0.25, 0.3) is 0 Å². The smallest absolute Gasteiger partial charge is 0.123 e. The normalized spacial score (nSPS) is 12.6. The molecule has 1 unspecified atom stereocenters. The van der Waals surface area contributed by atoms with Gasteiger partial charge in [0.05, 0.1) is 0 Å². The fraction of sp³-hybridized carbons (Fsp3) is 0.333. The molecule has 1 aromatic rings. The highest BCUT2D eigenvalue weighted by molar-refractivity contribution is 5.49. The lowest BCUT2D eigenvalue weighted by atomic mass is 10.3. The minimum atomic E-state index is -0.549. The predicted octanol–water partition coefficient (Wildman–Crippen LogP) is 1.17. The van der Waals surface area contributed by atoms with Crippen molar-refractivity contribution in [3.8, 4) is 5.75 Å². The quantitative estimate of drug-likeness (QED) is 0.650. The number of rotatable bonds is 2. The molecule has 0 heterocycles. The summed E-state index contributed by atoms with van der Waals surface area (Å²) in [5, 5.41) is 18.3. The molecule has 0 aliphatic heterocycles. The van der Waals surface area contributed by atoms with Gasteiger partial charge in [-0.1, -0.05) is 6.07 Å². The van der Waals surface area contributed by atoms with Gasteiger partial charge in [-0.15, -0.1) is 0 Å². The minimum absolute atomic E-state index is 0.208. The first-order chi connectivity index (χ1) is 5.61. The van der Waals surface area contributed by atoms with Crippen LogP contribution in [0.25, 0.3) is 0 Å². The van der Waals surface area contributed by atoms with Crippen LogP contribution in [0.1, 0.15) is 6.92 Å². The molecule has 0 spiro atoms. The lowest BCUT2D eigenvalue weighted by Crippen LogP contribution is -2.27. The monoisotopic (exact) mass is 167 g/mol. The highest BCUT2D eigenvalue weighted by Gasteiger charge is 2.05. The van der Waals surface area contributed by atoms with Gasteiger partial charge in [-0.25, -0.2) is 0 Å². The fourth-order valence-corrected chi connectivity index (χ4v) is 0.928. The third-order valence-corrected chi connectivity index (χ3v) is 1.80. The van der Waals surface area contributed by atoms with Crippen molar-refractivity contribution in [2.75, 3.05) is 11.9 Å². The Morgan fingerprint density at radius 1 is 1.42 bits per heavy atom. The largest absolute Gasteiger partial charge is 0.508 e. The summed E-state index contributed by atoms with van der Waals surface area (Å²) in [7, 11) is 1.76. The van der Waals surface area contributed by atoms with Gasteiger partial charge in [-0.3, -0.25) is 0 Å². The second-order valence-electron chi connectivity index (χ2n) is 2.76. The Morgan fingerprint density at radius 3 is 2.58 bits per heavy atom. The van der Waals surface area contributed by atoms with E-state index in [9.17, 15) is 5.11 Å². The number of aliphatic hydroxyl groups excluding tert-OH is 1. The standard InChI is InChI=1S/C9H13NO2/c1-7(11)10(2)8-4-3-5-9(12)6-8/h3-7,11-12H,1-2H3. The molecule has 66 valence electrons. The summed E-state index contributed by atoms with van der Waals surface area (Å²) in [6, 6.07) is 6.77. The molecule has 12 heavy (non-hydrogen) atoms. The van der Waals surface area contributed by atoms with E-state index in [1.54, 1.807) is 37.1 Å². The number of hydrogen-bond acceptors (Lipinski definition) is 3. The summed E-state index contributed by atoms with van der Waals surface area (Å²) in [5.41, 5.74) is 0.796. The molecule has 1 rings (SSSR count). The molecule has 0 bridgehead atoms. The molecular formula is C9H13NO2. The molecule has 0 saturated carbocycles. The van der Waals surface area contributed by atoms with Crippen molar-refractivity contribution in [2.24, 2.45) is 0 Å². The van der Waals surface area contributed by atoms with Crippen LogP contribution in [0.15, 0.2) is 24.3 Å². The number of phenolic OH excluding ortho intramolecular Hbond substituents is 1. The molecule has 3 heteroatoms. The van der Waals surface area contributed by atoms with Crippen LogP contribution in [0.4, 0.5) is 5.69 Å². The maximum absolute atomic E-state index is 9.21. The van der Waals surface area contributed by atoms with Gasteiger partial charge in [-0.2, -0.15) is 0 Å². The lowest BCUT2D eigenvalue weighted by molar-refractivity contribution is 0.195. The van der Waals surface area contributed by atoms with E-state index < -0.39 is 6.23 Å². The maximum atomic E-state index is 9.21. The van der Waals surface area contributed by atoms with Crippen LogP contribution in [-0.4, -0.2) is 23.5 Å². The number of anilines is 1. The van der Waals surface area contributed by atoms with Crippen molar-refractivity contribution in [3.63, 3.8) is 0 Å². The first-order valence-electron chi connectivity index (χ1n) is 3.81. The summed E-state index contributed by atoms with van der Waals surface area (Å²) < 4.78 is 0. The van der Waals surface area contributed by atoms with E-state index in [0.717, 1.165) is 5.69 Å². The van der Waals surface area contributed by atoms with Crippen LogP contribution in [0.3, 0.4) is 0 Å². The molecule has 0 aromatic heterocycles. The highest BCUT2D eigenvalue weighted by atomic mass is 16.3. The zero-order chi connectivity index (χ0) is 9.14. The second-order valence-corrected chi connectivity index (χ2v) is 2.76. The van der Waals surface area contributed by atoms with E-state index in [2.05, 4.69) is 0 Å². The summed E-state index contributed by atoms with van der Waals surface area (Å²) in [6.45, 7) is 1.67.